The second-order valence-corrected chi connectivity index (χ2v) is 6.38. The van der Waals surface area contributed by atoms with Crippen molar-refractivity contribution in [1.82, 2.24) is 15.2 Å². The summed E-state index contributed by atoms with van der Waals surface area (Å²) < 4.78 is 10.5. The van der Waals surface area contributed by atoms with Crippen LogP contribution in [0.1, 0.15) is 16.1 Å². The van der Waals surface area contributed by atoms with E-state index in [0.717, 1.165) is 5.39 Å². The highest BCUT2D eigenvalue weighted by Gasteiger charge is 2.16. The minimum absolute atomic E-state index is 0.0322. The number of aromatic nitrogens is 3. The number of hydrogen-bond acceptors (Lipinski definition) is 6. The average Bonchev–Trinajstić information content (AvgIpc) is 2.72. The Morgan fingerprint density at radius 3 is 2.71 bits per heavy atom. The second-order valence-electron chi connectivity index (χ2n) is 6.02. The predicted octanol–water partition coefficient (Wildman–Crippen LogP) is 3.49. The van der Waals surface area contributed by atoms with Gasteiger partial charge in [0.1, 0.15) is 17.5 Å². The molecule has 1 N–H and O–H groups in total. The van der Waals surface area contributed by atoms with E-state index in [1.807, 2.05) is 12.1 Å². The molecule has 0 unspecified atom stereocenters. The van der Waals surface area contributed by atoms with Gasteiger partial charge in [0.2, 0.25) is 0 Å². The molecule has 0 aliphatic carbocycles. The Bertz CT molecular complexity index is 1270. The third kappa shape index (κ3) is 3.27. The summed E-state index contributed by atoms with van der Waals surface area (Å²) in [4.78, 5) is 28.7. The molecule has 7 nitrogen and oxygen atoms in total. The van der Waals surface area contributed by atoms with Gasteiger partial charge in [-0.05, 0) is 24.3 Å². The second kappa shape index (κ2) is 7.28. The Morgan fingerprint density at radius 2 is 1.93 bits per heavy atom. The first kappa shape index (κ1) is 17.9. The number of hydrogen-bond donors (Lipinski definition) is 1. The van der Waals surface area contributed by atoms with Gasteiger partial charge in [-0.2, -0.15) is 5.10 Å². The number of esters is 1. The first-order valence-electron chi connectivity index (χ1n) is 8.34. The number of carbonyl (C=O) groups excluding carboxylic acids is 1. The summed E-state index contributed by atoms with van der Waals surface area (Å²) in [5.41, 5.74) is 0.892. The van der Waals surface area contributed by atoms with E-state index >= 15 is 0 Å². The van der Waals surface area contributed by atoms with Gasteiger partial charge in [-0.3, -0.25) is 4.79 Å². The summed E-state index contributed by atoms with van der Waals surface area (Å²) in [5.74, 6) is 0.00427. The van der Waals surface area contributed by atoms with Crippen LogP contribution in [0.2, 0.25) is 5.15 Å². The van der Waals surface area contributed by atoms with Crippen LogP contribution < -0.4 is 10.3 Å². The Morgan fingerprint density at radius 1 is 1.14 bits per heavy atom. The Hall–Kier alpha value is -3.45. The van der Waals surface area contributed by atoms with Gasteiger partial charge >= 0.3 is 5.97 Å². The molecular formula is C20H14ClN3O4. The first-order valence-corrected chi connectivity index (χ1v) is 8.72. The van der Waals surface area contributed by atoms with Crippen molar-refractivity contribution in [3.8, 4) is 5.75 Å². The number of benzene rings is 2. The van der Waals surface area contributed by atoms with Crippen LogP contribution in [-0.4, -0.2) is 28.3 Å². The fraction of sp³-hybridized carbons (Fsp3) is 0.100. The van der Waals surface area contributed by atoms with E-state index in [-0.39, 0.29) is 23.0 Å². The lowest BCUT2D eigenvalue weighted by molar-refractivity contribution is 0.0467. The number of H-pyrrole nitrogens is 1. The van der Waals surface area contributed by atoms with Crippen LogP contribution in [-0.2, 0) is 11.3 Å². The van der Waals surface area contributed by atoms with Gasteiger partial charge in [-0.1, -0.05) is 29.8 Å². The Kier molecular flexibility index (Phi) is 4.67. The normalized spacial score (nSPS) is 10.9. The maximum absolute atomic E-state index is 12.5. The molecule has 2 aromatic heterocycles. The maximum atomic E-state index is 12.5. The largest absolute Gasteiger partial charge is 0.497 e. The van der Waals surface area contributed by atoms with E-state index in [9.17, 15) is 9.59 Å². The van der Waals surface area contributed by atoms with Crippen LogP contribution in [0.25, 0.3) is 21.7 Å². The first-order chi connectivity index (χ1) is 13.6. The van der Waals surface area contributed by atoms with Crippen LogP contribution in [0.4, 0.5) is 0 Å². The number of halogens is 1. The lowest BCUT2D eigenvalue weighted by Crippen LogP contribution is -2.16. The van der Waals surface area contributed by atoms with Gasteiger partial charge in [-0.25, -0.2) is 14.9 Å². The smallest absolute Gasteiger partial charge is 0.359 e. The fourth-order valence-corrected chi connectivity index (χ4v) is 3.08. The van der Waals surface area contributed by atoms with Crippen molar-refractivity contribution >= 4 is 39.2 Å². The van der Waals surface area contributed by atoms with E-state index in [4.69, 9.17) is 21.1 Å². The molecule has 0 saturated carbocycles. The van der Waals surface area contributed by atoms with E-state index < -0.39 is 5.97 Å². The van der Waals surface area contributed by atoms with Gasteiger partial charge in [0.15, 0.2) is 5.69 Å². The molecule has 0 saturated heterocycles. The van der Waals surface area contributed by atoms with Crippen molar-refractivity contribution in [2.45, 2.75) is 6.61 Å². The number of aromatic amines is 1. The van der Waals surface area contributed by atoms with Gasteiger partial charge in [0, 0.05) is 22.4 Å². The molecule has 2 heterocycles. The molecule has 0 aliphatic rings. The average molecular weight is 396 g/mol. The lowest BCUT2D eigenvalue weighted by atomic mass is 10.1. The molecule has 0 spiro atoms. The summed E-state index contributed by atoms with van der Waals surface area (Å²) >= 11 is 6.24. The number of carbonyl (C=O) groups is 1. The van der Waals surface area contributed by atoms with Gasteiger partial charge < -0.3 is 9.47 Å². The van der Waals surface area contributed by atoms with Crippen LogP contribution in [0, 0.1) is 0 Å². The topological polar surface area (TPSA) is 94.2 Å². The highest BCUT2D eigenvalue weighted by molar-refractivity contribution is 6.30. The van der Waals surface area contributed by atoms with Crippen molar-refractivity contribution in [3.63, 3.8) is 0 Å². The van der Waals surface area contributed by atoms with E-state index in [1.54, 1.807) is 43.5 Å². The molecule has 0 aliphatic heterocycles. The molecule has 0 amide bonds. The molecule has 4 rings (SSSR count). The van der Waals surface area contributed by atoms with Crippen LogP contribution >= 0.6 is 11.6 Å². The van der Waals surface area contributed by atoms with E-state index in [2.05, 4.69) is 15.2 Å². The zero-order chi connectivity index (χ0) is 19.7. The molecule has 28 heavy (non-hydrogen) atoms. The van der Waals surface area contributed by atoms with Crippen molar-refractivity contribution in [3.05, 3.63) is 75.3 Å². The number of nitrogens with zero attached hydrogens (tertiary/aromatic N) is 2. The number of methoxy groups -OCH3 is 1. The van der Waals surface area contributed by atoms with Crippen LogP contribution in [0.15, 0.2) is 53.3 Å². The minimum atomic E-state index is -0.668. The van der Waals surface area contributed by atoms with E-state index in [1.165, 1.54) is 0 Å². The third-order valence-corrected chi connectivity index (χ3v) is 4.63. The predicted molar refractivity (Wildman–Crippen MR) is 105 cm³/mol. The number of pyridine rings is 1. The third-order valence-electron chi connectivity index (χ3n) is 4.30. The van der Waals surface area contributed by atoms with Crippen LogP contribution in [0.3, 0.4) is 0 Å². The summed E-state index contributed by atoms with van der Waals surface area (Å²) in [6.07, 6.45) is 0. The van der Waals surface area contributed by atoms with Crippen molar-refractivity contribution in [2.75, 3.05) is 7.11 Å². The molecule has 140 valence electrons. The standard InChI is InChI=1S/C20H14ClN3O4/c1-27-13-7-6-11-8-12(18(21)22-16(11)9-13)10-28-20(26)17-14-4-2-3-5-15(14)19(25)24-23-17/h2-9H,10H2,1H3,(H,24,25). The van der Waals surface area contributed by atoms with Crippen molar-refractivity contribution in [2.24, 2.45) is 0 Å². The number of nitrogens with one attached hydrogen (secondary N) is 1. The summed E-state index contributed by atoms with van der Waals surface area (Å²) in [7, 11) is 1.57. The number of rotatable bonds is 4. The zero-order valence-electron chi connectivity index (χ0n) is 14.7. The molecular weight excluding hydrogens is 382 g/mol. The van der Waals surface area contributed by atoms with E-state index in [0.29, 0.717) is 27.6 Å². The molecule has 2 aromatic carbocycles. The molecule has 4 aromatic rings. The molecule has 0 radical (unpaired) electrons. The lowest BCUT2D eigenvalue weighted by Gasteiger charge is -2.09. The maximum Gasteiger partial charge on any atom is 0.359 e. The molecule has 8 heteroatoms. The van der Waals surface area contributed by atoms with Crippen LogP contribution in [0.5, 0.6) is 5.75 Å². The quantitative estimate of drug-likeness (QED) is 0.420. The van der Waals surface area contributed by atoms with Gasteiger partial charge in [0.05, 0.1) is 18.0 Å². The summed E-state index contributed by atoms with van der Waals surface area (Å²) in [5, 5.41) is 8.00. The zero-order valence-corrected chi connectivity index (χ0v) is 15.5. The molecule has 0 bridgehead atoms. The molecule has 0 atom stereocenters. The fourth-order valence-electron chi connectivity index (χ4n) is 2.88. The Balaban J connectivity index is 1.61. The van der Waals surface area contributed by atoms with Crippen molar-refractivity contribution < 1.29 is 14.3 Å². The number of ether oxygens (including phenoxy) is 2. The van der Waals surface area contributed by atoms with Gasteiger partial charge in [-0.15, -0.1) is 0 Å². The highest BCUT2D eigenvalue weighted by Crippen LogP contribution is 2.25. The number of fused-ring (bicyclic) bond motifs is 2. The Labute approximate surface area is 163 Å². The minimum Gasteiger partial charge on any atom is -0.497 e. The SMILES string of the molecule is COc1ccc2cc(COC(=O)c3n[nH]c(=O)c4ccccc34)c(Cl)nc2c1. The van der Waals surface area contributed by atoms with Crippen molar-refractivity contribution in [1.29, 1.82) is 0 Å². The highest BCUT2D eigenvalue weighted by atomic mass is 35.5. The summed E-state index contributed by atoms with van der Waals surface area (Å²) in [6.45, 7) is -0.0816. The summed E-state index contributed by atoms with van der Waals surface area (Å²) in [6, 6.07) is 13.9. The van der Waals surface area contributed by atoms with Gasteiger partial charge in [0.25, 0.3) is 5.56 Å². The molecule has 0 fully saturated rings. The monoisotopic (exact) mass is 395 g/mol.